The lowest BCUT2D eigenvalue weighted by Crippen LogP contribution is -2.40. The molecule has 2 aromatic carbocycles. The molecule has 3 rings (SSSR count). The van der Waals surface area contributed by atoms with Gasteiger partial charge in [-0.15, -0.1) is 0 Å². The van der Waals surface area contributed by atoms with Crippen molar-refractivity contribution in [3.63, 3.8) is 0 Å². The highest BCUT2D eigenvalue weighted by atomic mass is 32.1. The second kappa shape index (κ2) is 10.5. The Bertz CT molecular complexity index is 767. The summed E-state index contributed by atoms with van der Waals surface area (Å²) in [5, 5.41) is 3.46. The van der Waals surface area contributed by atoms with E-state index in [9.17, 15) is 8.78 Å². The van der Waals surface area contributed by atoms with E-state index in [1.54, 1.807) is 30.3 Å². The first kappa shape index (κ1) is 20.6. The van der Waals surface area contributed by atoms with Gasteiger partial charge in [-0.1, -0.05) is 24.3 Å². The number of nitrogens with one attached hydrogen (secondary N) is 1. The number of para-hydroxylation sites is 1. The third-order valence-corrected chi connectivity index (χ3v) is 5.06. The summed E-state index contributed by atoms with van der Waals surface area (Å²) in [6, 6.07) is 12.8. The summed E-state index contributed by atoms with van der Waals surface area (Å²) in [6.07, 6.45) is 0.917. The molecule has 1 fully saturated rings. The first-order chi connectivity index (χ1) is 13.6. The Morgan fingerprint density at radius 3 is 2.50 bits per heavy atom. The predicted molar refractivity (Wildman–Crippen MR) is 111 cm³/mol. The number of halogens is 2. The minimum Gasteiger partial charge on any atom is -0.379 e. The van der Waals surface area contributed by atoms with Crippen LogP contribution in [0.25, 0.3) is 0 Å². The van der Waals surface area contributed by atoms with Gasteiger partial charge in [-0.3, -0.25) is 4.90 Å². The molecule has 0 unspecified atom stereocenters. The Morgan fingerprint density at radius 2 is 1.79 bits per heavy atom. The summed E-state index contributed by atoms with van der Waals surface area (Å²) in [4.78, 5) is 4.36. The van der Waals surface area contributed by atoms with E-state index in [-0.39, 0.29) is 11.6 Å². The Labute approximate surface area is 170 Å². The average Bonchev–Trinajstić information content (AvgIpc) is 2.71. The molecule has 1 aliphatic heterocycles. The van der Waals surface area contributed by atoms with Gasteiger partial charge in [-0.2, -0.15) is 0 Å². The van der Waals surface area contributed by atoms with Crippen LogP contribution in [0.4, 0.5) is 14.5 Å². The van der Waals surface area contributed by atoms with Crippen LogP contribution in [0, 0.1) is 11.6 Å². The molecule has 0 atom stereocenters. The maximum absolute atomic E-state index is 14.0. The highest BCUT2D eigenvalue weighted by molar-refractivity contribution is 7.80. The van der Waals surface area contributed by atoms with Crippen LogP contribution in [0.1, 0.15) is 12.0 Å². The number of morpholine rings is 1. The molecular weight excluding hydrogens is 380 g/mol. The van der Waals surface area contributed by atoms with Crippen molar-refractivity contribution in [1.29, 1.82) is 0 Å². The minimum atomic E-state index is -0.347. The molecule has 1 N–H and O–H groups in total. The number of benzene rings is 2. The van der Waals surface area contributed by atoms with Crippen molar-refractivity contribution in [2.45, 2.75) is 13.0 Å². The predicted octanol–water partition coefficient (Wildman–Crippen LogP) is 3.89. The lowest BCUT2D eigenvalue weighted by Gasteiger charge is -2.29. The van der Waals surface area contributed by atoms with E-state index in [1.165, 1.54) is 18.2 Å². The number of rotatable bonds is 7. The van der Waals surface area contributed by atoms with Crippen LogP contribution in [0.2, 0.25) is 0 Å². The quantitative estimate of drug-likeness (QED) is 0.706. The summed E-state index contributed by atoms with van der Waals surface area (Å²) in [6.45, 7) is 5.62. The van der Waals surface area contributed by atoms with Crippen molar-refractivity contribution >= 4 is 23.0 Å². The van der Waals surface area contributed by atoms with Crippen LogP contribution >= 0.6 is 12.2 Å². The van der Waals surface area contributed by atoms with Crippen molar-refractivity contribution in [3.8, 4) is 0 Å². The fraction of sp³-hybridized carbons (Fsp3) is 0.381. The van der Waals surface area contributed by atoms with Gasteiger partial charge in [0.25, 0.3) is 0 Å². The number of ether oxygens (including phenoxy) is 1. The van der Waals surface area contributed by atoms with Crippen molar-refractivity contribution in [1.82, 2.24) is 9.80 Å². The topological polar surface area (TPSA) is 27.7 Å². The highest BCUT2D eigenvalue weighted by Gasteiger charge is 2.15. The first-order valence-electron chi connectivity index (χ1n) is 9.47. The fourth-order valence-corrected chi connectivity index (χ4v) is 3.40. The van der Waals surface area contributed by atoms with Gasteiger partial charge in [0.1, 0.15) is 11.6 Å². The maximum Gasteiger partial charge on any atom is 0.173 e. The van der Waals surface area contributed by atoms with Gasteiger partial charge in [0.05, 0.1) is 18.9 Å². The van der Waals surface area contributed by atoms with Crippen molar-refractivity contribution in [3.05, 3.63) is 65.7 Å². The van der Waals surface area contributed by atoms with Crippen LogP contribution in [0.15, 0.2) is 48.5 Å². The zero-order chi connectivity index (χ0) is 19.8. The van der Waals surface area contributed by atoms with Crippen LogP contribution in [-0.2, 0) is 11.3 Å². The zero-order valence-corrected chi connectivity index (χ0v) is 16.6. The maximum atomic E-state index is 14.0. The molecule has 1 heterocycles. The summed E-state index contributed by atoms with van der Waals surface area (Å²) in [5.41, 5.74) is 1.30. The molecule has 4 nitrogen and oxygen atoms in total. The summed E-state index contributed by atoms with van der Waals surface area (Å²) in [7, 11) is 0. The highest BCUT2D eigenvalue weighted by Crippen LogP contribution is 2.15. The van der Waals surface area contributed by atoms with Gasteiger partial charge in [-0.25, -0.2) is 8.78 Å². The normalized spacial score (nSPS) is 14.6. The SMILES string of the molecule is Fc1ccc(CN(CCCN2CCOCC2)C(=S)Nc2ccccc2F)cc1. The minimum absolute atomic E-state index is 0.269. The molecule has 28 heavy (non-hydrogen) atoms. The Balaban J connectivity index is 1.63. The van der Waals surface area contributed by atoms with Crippen molar-refractivity contribution in [2.24, 2.45) is 0 Å². The van der Waals surface area contributed by atoms with Gasteiger partial charge < -0.3 is 15.0 Å². The van der Waals surface area contributed by atoms with E-state index in [4.69, 9.17) is 17.0 Å². The smallest absolute Gasteiger partial charge is 0.173 e. The van der Waals surface area contributed by atoms with Gasteiger partial charge >= 0.3 is 0 Å². The van der Waals surface area contributed by atoms with E-state index < -0.39 is 0 Å². The number of hydrogen-bond donors (Lipinski definition) is 1. The van der Waals surface area contributed by atoms with E-state index >= 15 is 0 Å². The second-order valence-corrected chi connectivity index (χ2v) is 7.15. The Morgan fingerprint density at radius 1 is 1.07 bits per heavy atom. The molecule has 0 aromatic heterocycles. The van der Waals surface area contributed by atoms with Gasteiger partial charge in [0.15, 0.2) is 5.11 Å². The van der Waals surface area contributed by atoms with Gasteiger partial charge in [0, 0.05) is 32.7 Å². The summed E-state index contributed by atoms with van der Waals surface area (Å²) in [5.74, 6) is -0.616. The number of nitrogens with zero attached hydrogens (tertiary/aromatic N) is 2. The largest absolute Gasteiger partial charge is 0.379 e. The van der Waals surface area contributed by atoms with Crippen LogP contribution in [0.5, 0.6) is 0 Å². The number of anilines is 1. The van der Waals surface area contributed by atoms with Crippen LogP contribution < -0.4 is 5.32 Å². The third-order valence-electron chi connectivity index (χ3n) is 4.70. The molecule has 7 heteroatoms. The molecule has 150 valence electrons. The van der Waals surface area contributed by atoms with E-state index in [0.717, 1.165) is 51.4 Å². The molecular formula is C21H25F2N3OS. The van der Waals surface area contributed by atoms with Gasteiger partial charge in [0.2, 0.25) is 0 Å². The molecule has 2 aromatic rings. The molecule has 0 bridgehead atoms. The molecule has 1 aliphatic rings. The lowest BCUT2D eigenvalue weighted by atomic mass is 10.2. The molecule has 0 aliphatic carbocycles. The van der Waals surface area contributed by atoms with Crippen LogP contribution in [0.3, 0.4) is 0 Å². The Hall–Kier alpha value is -2.09. The van der Waals surface area contributed by atoms with E-state index in [1.807, 2.05) is 4.90 Å². The molecule has 1 saturated heterocycles. The first-order valence-corrected chi connectivity index (χ1v) is 9.87. The van der Waals surface area contributed by atoms with Crippen molar-refractivity contribution in [2.75, 3.05) is 44.7 Å². The fourth-order valence-electron chi connectivity index (χ4n) is 3.13. The number of hydrogen-bond acceptors (Lipinski definition) is 3. The van der Waals surface area contributed by atoms with Gasteiger partial charge in [-0.05, 0) is 48.5 Å². The van der Waals surface area contributed by atoms with Crippen LogP contribution in [-0.4, -0.2) is 54.3 Å². The Kier molecular flexibility index (Phi) is 7.71. The summed E-state index contributed by atoms with van der Waals surface area (Å²) >= 11 is 5.55. The van der Waals surface area contributed by atoms with E-state index in [2.05, 4.69) is 10.2 Å². The summed E-state index contributed by atoms with van der Waals surface area (Å²) < 4.78 is 32.6. The standard InChI is InChI=1S/C21H25F2N3OS/c22-18-8-6-17(7-9-18)16-26(11-3-10-25-12-14-27-15-13-25)21(28)24-20-5-2-1-4-19(20)23/h1-2,4-9H,3,10-16H2,(H,24,28). The molecule has 0 spiro atoms. The second-order valence-electron chi connectivity index (χ2n) is 6.77. The molecule has 0 radical (unpaired) electrons. The van der Waals surface area contributed by atoms with E-state index in [0.29, 0.717) is 17.3 Å². The average molecular weight is 406 g/mol. The number of thiocarbonyl (C=S) groups is 1. The molecule has 0 saturated carbocycles. The monoisotopic (exact) mass is 405 g/mol. The third kappa shape index (κ3) is 6.22. The zero-order valence-electron chi connectivity index (χ0n) is 15.7. The van der Waals surface area contributed by atoms with Crippen molar-refractivity contribution < 1.29 is 13.5 Å². The molecule has 0 amide bonds. The lowest BCUT2D eigenvalue weighted by molar-refractivity contribution is 0.0368.